The molecule has 0 amide bonds. The molecule has 0 bridgehead atoms. The molecule has 5 heteroatoms. The van der Waals surface area contributed by atoms with Gasteiger partial charge in [0, 0.05) is 19.2 Å². The molecule has 1 unspecified atom stereocenters. The van der Waals surface area contributed by atoms with E-state index in [0.717, 1.165) is 0 Å². The van der Waals surface area contributed by atoms with Crippen LogP contribution in [0.4, 0.5) is 0 Å². The summed E-state index contributed by atoms with van der Waals surface area (Å²) in [6, 6.07) is 7.22. The summed E-state index contributed by atoms with van der Waals surface area (Å²) in [7, 11) is 1.59. The topological polar surface area (TPSA) is 71.0 Å². The normalized spacial score (nSPS) is 13.1. The quantitative estimate of drug-likeness (QED) is 0.651. The number of ether oxygens (including phenoxy) is 2. The maximum Gasteiger partial charge on any atom is 0.123 e. The summed E-state index contributed by atoms with van der Waals surface area (Å²) in [6.45, 7) is 4.39. The number of methoxy groups -OCH3 is 1. The van der Waals surface area contributed by atoms with Crippen molar-refractivity contribution in [2.45, 2.75) is 25.6 Å². The molecule has 0 heterocycles. The third kappa shape index (κ3) is 7.00. The van der Waals surface area contributed by atoms with Crippen LogP contribution in [-0.4, -0.2) is 48.7 Å². The van der Waals surface area contributed by atoms with Crippen molar-refractivity contribution in [1.29, 1.82) is 0 Å². The van der Waals surface area contributed by atoms with Gasteiger partial charge in [-0.3, -0.25) is 0 Å². The minimum Gasteiger partial charge on any atom is -0.497 e. The highest BCUT2D eigenvalue weighted by atomic mass is 16.5. The van der Waals surface area contributed by atoms with Crippen molar-refractivity contribution >= 4 is 0 Å². The molecule has 1 rings (SSSR count). The summed E-state index contributed by atoms with van der Waals surface area (Å²) >= 11 is 0. The molecular formula is C14H23NO4. The van der Waals surface area contributed by atoms with Crippen LogP contribution in [0.5, 0.6) is 11.5 Å². The average molecular weight is 269 g/mol. The molecule has 5 nitrogen and oxygen atoms in total. The summed E-state index contributed by atoms with van der Waals surface area (Å²) in [6.07, 6.45) is -0.631. The van der Waals surface area contributed by atoms with Gasteiger partial charge >= 0.3 is 0 Å². The summed E-state index contributed by atoms with van der Waals surface area (Å²) in [5.41, 5.74) is -0.784. The summed E-state index contributed by atoms with van der Waals surface area (Å²) in [5.74, 6) is 1.37. The number of nitrogens with one attached hydrogen (secondary N) is 1. The van der Waals surface area contributed by atoms with Crippen molar-refractivity contribution in [2.24, 2.45) is 0 Å². The molecule has 1 aromatic rings. The monoisotopic (exact) mass is 269 g/mol. The fourth-order valence-electron chi connectivity index (χ4n) is 1.49. The van der Waals surface area contributed by atoms with E-state index in [2.05, 4.69) is 5.32 Å². The largest absolute Gasteiger partial charge is 0.497 e. The SMILES string of the molecule is COc1cccc(OCC(O)CNCC(C)(C)O)c1. The van der Waals surface area contributed by atoms with Crippen LogP contribution < -0.4 is 14.8 Å². The lowest BCUT2D eigenvalue weighted by atomic mass is 10.1. The van der Waals surface area contributed by atoms with E-state index >= 15 is 0 Å². The number of aliphatic hydroxyl groups excluding tert-OH is 1. The second kappa shape index (κ2) is 7.33. The number of hydrogen-bond acceptors (Lipinski definition) is 5. The second-order valence-corrected chi connectivity index (χ2v) is 5.09. The van der Waals surface area contributed by atoms with Crippen LogP contribution in [0.25, 0.3) is 0 Å². The molecule has 0 saturated carbocycles. The van der Waals surface area contributed by atoms with Gasteiger partial charge in [0.25, 0.3) is 0 Å². The van der Waals surface area contributed by atoms with Gasteiger partial charge in [0.1, 0.15) is 24.2 Å². The summed E-state index contributed by atoms with van der Waals surface area (Å²) < 4.78 is 10.5. The molecule has 0 aromatic heterocycles. The van der Waals surface area contributed by atoms with Crippen LogP contribution >= 0.6 is 0 Å². The molecule has 0 spiro atoms. The van der Waals surface area contributed by atoms with Crippen molar-refractivity contribution in [2.75, 3.05) is 26.8 Å². The Hall–Kier alpha value is -1.30. The van der Waals surface area contributed by atoms with Crippen LogP contribution in [-0.2, 0) is 0 Å². The molecule has 0 aliphatic carbocycles. The minimum atomic E-state index is -0.784. The van der Waals surface area contributed by atoms with Crippen LogP contribution in [0.2, 0.25) is 0 Å². The van der Waals surface area contributed by atoms with Crippen LogP contribution in [0.15, 0.2) is 24.3 Å². The molecule has 0 aliphatic heterocycles. The van der Waals surface area contributed by atoms with Crippen molar-refractivity contribution < 1.29 is 19.7 Å². The fraction of sp³-hybridized carbons (Fsp3) is 0.571. The van der Waals surface area contributed by atoms with Gasteiger partial charge in [0.15, 0.2) is 0 Å². The lowest BCUT2D eigenvalue weighted by Gasteiger charge is -2.19. The van der Waals surface area contributed by atoms with E-state index < -0.39 is 11.7 Å². The molecule has 0 aliphatic rings. The van der Waals surface area contributed by atoms with Gasteiger partial charge in [-0.05, 0) is 26.0 Å². The summed E-state index contributed by atoms with van der Waals surface area (Å²) in [4.78, 5) is 0. The molecule has 0 fully saturated rings. The maximum absolute atomic E-state index is 9.73. The molecular weight excluding hydrogens is 246 g/mol. The standard InChI is InChI=1S/C14H23NO4/c1-14(2,17)10-15-8-11(16)9-19-13-6-4-5-12(7-13)18-3/h4-7,11,15-17H,8-10H2,1-3H3. The van der Waals surface area contributed by atoms with Crippen LogP contribution in [0.1, 0.15) is 13.8 Å². The number of aliphatic hydroxyl groups is 2. The number of hydrogen-bond donors (Lipinski definition) is 3. The fourth-order valence-corrected chi connectivity index (χ4v) is 1.49. The Kier molecular flexibility index (Phi) is 6.08. The Bertz CT molecular complexity index is 376. The first kappa shape index (κ1) is 15.8. The zero-order valence-electron chi connectivity index (χ0n) is 11.7. The average Bonchev–Trinajstić information content (AvgIpc) is 2.35. The van der Waals surface area contributed by atoms with Crippen LogP contribution in [0, 0.1) is 0 Å². The van der Waals surface area contributed by atoms with Crippen molar-refractivity contribution in [3.63, 3.8) is 0 Å². The van der Waals surface area contributed by atoms with Gasteiger partial charge in [-0.15, -0.1) is 0 Å². The minimum absolute atomic E-state index is 0.187. The molecule has 0 saturated heterocycles. The van der Waals surface area contributed by atoms with E-state index in [1.807, 2.05) is 12.1 Å². The van der Waals surface area contributed by atoms with Gasteiger partial charge in [-0.1, -0.05) is 6.07 Å². The van der Waals surface area contributed by atoms with E-state index in [0.29, 0.717) is 24.6 Å². The highest BCUT2D eigenvalue weighted by Crippen LogP contribution is 2.18. The van der Waals surface area contributed by atoms with E-state index in [1.54, 1.807) is 33.1 Å². The predicted molar refractivity (Wildman–Crippen MR) is 73.7 cm³/mol. The number of rotatable bonds is 8. The van der Waals surface area contributed by atoms with E-state index in [4.69, 9.17) is 9.47 Å². The van der Waals surface area contributed by atoms with Crippen molar-refractivity contribution in [3.8, 4) is 11.5 Å². The predicted octanol–water partition coefficient (Wildman–Crippen LogP) is 0.795. The maximum atomic E-state index is 9.73. The Labute approximate surface area is 114 Å². The Morgan fingerprint density at radius 3 is 2.63 bits per heavy atom. The molecule has 19 heavy (non-hydrogen) atoms. The zero-order valence-corrected chi connectivity index (χ0v) is 11.7. The van der Waals surface area contributed by atoms with Crippen molar-refractivity contribution in [1.82, 2.24) is 5.32 Å². The van der Waals surface area contributed by atoms with E-state index in [9.17, 15) is 10.2 Å². The first-order chi connectivity index (χ1) is 8.90. The number of benzene rings is 1. The smallest absolute Gasteiger partial charge is 0.123 e. The Morgan fingerprint density at radius 2 is 2.00 bits per heavy atom. The highest BCUT2D eigenvalue weighted by molar-refractivity contribution is 5.32. The lowest BCUT2D eigenvalue weighted by Crippen LogP contribution is -2.40. The van der Waals surface area contributed by atoms with E-state index in [-0.39, 0.29) is 6.61 Å². The van der Waals surface area contributed by atoms with Crippen LogP contribution in [0.3, 0.4) is 0 Å². The van der Waals surface area contributed by atoms with Crippen molar-refractivity contribution in [3.05, 3.63) is 24.3 Å². The molecule has 0 radical (unpaired) electrons. The van der Waals surface area contributed by atoms with E-state index in [1.165, 1.54) is 0 Å². The highest BCUT2D eigenvalue weighted by Gasteiger charge is 2.13. The Balaban J connectivity index is 2.27. The summed E-state index contributed by atoms with van der Waals surface area (Å²) in [5, 5.41) is 22.2. The first-order valence-electron chi connectivity index (χ1n) is 6.29. The zero-order chi connectivity index (χ0) is 14.3. The third-order valence-corrected chi connectivity index (χ3v) is 2.42. The Morgan fingerprint density at radius 1 is 1.32 bits per heavy atom. The lowest BCUT2D eigenvalue weighted by molar-refractivity contribution is 0.0665. The first-order valence-corrected chi connectivity index (χ1v) is 6.29. The van der Waals surface area contributed by atoms with Gasteiger partial charge in [0.05, 0.1) is 12.7 Å². The van der Waals surface area contributed by atoms with Gasteiger partial charge < -0.3 is 25.0 Å². The van der Waals surface area contributed by atoms with Gasteiger partial charge in [-0.2, -0.15) is 0 Å². The second-order valence-electron chi connectivity index (χ2n) is 5.09. The molecule has 1 aromatic carbocycles. The molecule has 3 N–H and O–H groups in total. The van der Waals surface area contributed by atoms with Gasteiger partial charge in [0.2, 0.25) is 0 Å². The molecule has 1 atom stereocenters. The van der Waals surface area contributed by atoms with Gasteiger partial charge in [-0.25, -0.2) is 0 Å². The molecule has 108 valence electrons. The third-order valence-electron chi connectivity index (χ3n) is 2.42.